The highest BCUT2D eigenvalue weighted by Gasteiger charge is 2.36. The summed E-state index contributed by atoms with van der Waals surface area (Å²) in [6.45, 7) is 5.24. The first-order valence-electron chi connectivity index (χ1n) is 7.76. The molecule has 0 bridgehead atoms. The van der Waals surface area contributed by atoms with E-state index in [1.165, 1.54) is 0 Å². The van der Waals surface area contributed by atoms with Gasteiger partial charge in [0.2, 0.25) is 5.88 Å². The average molecular weight is 333 g/mol. The molecule has 1 heterocycles. The maximum atomic E-state index is 12.3. The molecule has 0 radical (unpaired) electrons. The van der Waals surface area contributed by atoms with Crippen LogP contribution in [-0.2, 0) is 17.6 Å². The molecule has 7 heteroatoms. The smallest absolute Gasteiger partial charge is 0.329 e. The summed E-state index contributed by atoms with van der Waals surface area (Å²) in [7, 11) is 0. The number of nitrogens with one attached hydrogen (secondary N) is 2. The molecule has 4 N–H and O–H groups in total. The number of nitrogens with zero attached hydrogens (tertiary/aromatic N) is 1. The van der Waals surface area contributed by atoms with Gasteiger partial charge in [-0.05, 0) is 23.8 Å². The third kappa shape index (κ3) is 3.68. The fourth-order valence-corrected chi connectivity index (χ4v) is 2.77. The van der Waals surface area contributed by atoms with Gasteiger partial charge in [-0.25, -0.2) is 14.8 Å². The summed E-state index contributed by atoms with van der Waals surface area (Å²) in [5.41, 5.74) is 1.74. The molecule has 1 unspecified atom stereocenters. The number of carbonyl (C=O) groups excluding carboxylic acids is 1. The van der Waals surface area contributed by atoms with Gasteiger partial charge in [0.15, 0.2) is 0 Å². The molecule has 2 aromatic rings. The van der Waals surface area contributed by atoms with Crippen molar-refractivity contribution < 1.29 is 15.1 Å². The van der Waals surface area contributed by atoms with Gasteiger partial charge in [0, 0.05) is 0 Å². The Labute approximate surface area is 139 Å². The van der Waals surface area contributed by atoms with Crippen molar-refractivity contribution in [2.75, 3.05) is 0 Å². The van der Waals surface area contributed by atoms with Gasteiger partial charge in [0.1, 0.15) is 6.04 Å². The SMILES string of the molecule is CC(C)(C)C(C(=O)NO)n1c(O)c(CCc2ccccc2)[nH]c1=O. The molecule has 0 aliphatic carbocycles. The molecular formula is C17H23N3O4. The molecule has 0 aliphatic heterocycles. The van der Waals surface area contributed by atoms with E-state index in [0.29, 0.717) is 18.5 Å². The monoisotopic (exact) mass is 333 g/mol. The third-order valence-corrected chi connectivity index (χ3v) is 3.92. The van der Waals surface area contributed by atoms with Crippen LogP contribution < -0.4 is 11.2 Å². The van der Waals surface area contributed by atoms with E-state index >= 15 is 0 Å². The van der Waals surface area contributed by atoms with E-state index in [1.54, 1.807) is 26.3 Å². The molecule has 1 amide bonds. The van der Waals surface area contributed by atoms with Crippen LogP contribution in [0, 0.1) is 5.41 Å². The number of carbonyl (C=O) groups is 1. The number of amides is 1. The van der Waals surface area contributed by atoms with Crippen LogP contribution in [0.1, 0.15) is 38.1 Å². The van der Waals surface area contributed by atoms with Crippen molar-refractivity contribution in [1.29, 1.82) is 0 Å². The standard InChI is InChI=1S/C17H23N3O4/c1-17(2,3)13(14(21)19-24)20-15(22)12(18-16(20)23)10-9-11-7-5-4-6-8-11/h4-8,13,22,24H,9-10H2,1-3H3,(H,18,23)(H,19,21). The number of H-pyrrole nitrogens is 1. The van der Waals surface area contributed by atoms with Crippen molar-refractivity contribution in [3.8, 4) is 5.88 Å². The van der Waals surface area contributed by atoms with E-state index in [9.17, 15) is 14.7 Å². The zero-order chi connectivity index (χ0) is 17.9. The number of hydroxylamine groups is 1. The van der Waals surface area contributed by atoms with Crippen LogP contribution >= 0.6 is 0 Å². The molecule has 0 saturated heterocycles. The van der Waals surface area contributed by atoms with Gasteiger partial charge in [-0.1, -0.05) is 51.1 Å². The number of aromatic hydroxyl groups is 1. The maximum absolute atomic E-state index is 12.3. The predicted octanol–water partition coefficient (Wildman–Crippen LogP) is 1.76. The van der Waals surface area contributed by atoms with Gasteiger partial charge >= 0.3 is 5.69 Å². The van der Waals surface area contributed by atoms with E-state index in [4.69, 9.17) is 5.21 Å². The average Bonchev–Trinajstić information content (AvgIpc) is 2.80. The minimum absolute atomic E-state index is 0.278. The molecule has 1 atom stereocenters. The highest BCUT2D eigenvalue weighted by molar-refractivity contribution is 5.80. The summed E-state index contributed by atoms with van der Waals surface area (Å²) in [6.07, 6.45) is 1.07. The number of aromatic amines is 1. The van der Waals surface area contributed by atoms with E-state index in [1.807, 2.05) is 30.3 Å². The van der Waals surface area contributed by atoms with Crippen molar-refractivity contribution in [2.45, 2.75) is 39.7 Å². The van der Waals surface area contributed by atoms with Crippen molar-refractivity contribution in [1.82, 2.24) is 15.0 Å². The Morgan fingerprint density at radius 2 is 1.88 bits per heavy atom. The van der Waals surface area contributed by atoms with E-state index in [2.05, 4.69) is 4.98 Å². The third-order valence-electron chi connectivity index (χ3n) is 3.92. The van der Waals surface area contributed by atoms with Crippen LogP contribution in [0.5, 0.6) is 5.88 Å². The minimum atomic E-state index is -1.04. The van der Waals surface area contributed by atoms with Crippen LogP contribution in [-0.4, -0.2) is 25.8 Å². The number of aromatic nitrogens is 2. The number of aryl methyl sites for hydroxylation is 2. The summed E-state index contributed by atoms with van der Waals surface area (Å²) in [4.78, 5) is 26.9. The fraction of sp³-hybridized carbons (Fsp3) is 0.412. The van der Waals surface area contributed by atoms with Crippen LogP contribution in [0.15, 0.2) is 35.1 Å². The van der Waals surface area contributed by atoms with Crippen LogP contribution in [0.2, 0.25) is 0 Å². The molecule has 130 valence electrons. The first kappa shape index (κ1) is 17.8. The Bertz CT molecular complexity index is 756. The number of benzene rings is 1. The minimum Gasteiger partial charge on any atom is -0.493 e. The Kier molecular flexibility index (Phi) is 5.14. The molecule has 1 aromatic heterocycles. The number of hydrogen-bond acceptors (Lipinski definition) is 4. The fourth-order valence-electron chi connectivity index (χ4n) is 2.77. The Hall–Kier alpha value is -2.54. The number of rotatable bonds is 5. The molecule has 7 nitrogen and oxygen atoms in total. The summed E-state index contributed by atoms with van der Waals surface area (Å²) in [5.74, 6) is -1.03. The molecular weight excluding hydrogens is 310 g/mol. The highest BCUT2D eigenvalue weighted by Crippen LogP contribution is 2.33. The Morgan fingerprint density at radius 1 is 1.25 bits per heavy atom. The van der Waals surface area contributed by atoms with E-state index in [0.717, 1.165) is 10.1 Å². The lowest BCUT2D eigenvalue weighted by Gasteiger charge is -2.29. The summed E-state index contributed by atoms with van der Waals surface area (Å²) in [5, 5.41) is 19.4. The predicted molar refractivity (Wildman–Crippen MR) is 89.0 cm³/mol. The quantitative estimate of drug-likeness (QED) is 0.494. The Morgan fingerprint density at radius 3 is 2.42 bits per heavy atom. The van der Waals surface area contributed by atoms with E-state index < -0.39 is 23.1 Å². The molecule has 24 heavy (non-hydrogen) atoms. The normalized spacial score (nSPS) is 12.8. The lowest BCUT2D eigenvalue weighted by Crippen LogP contribution is -2.41. The number of hydrogen-bond donors (Lipinski definition) is 4. The first-order valence-corrected chi connectivity index (χ1v) is 7.76. The zero-order valence-electron chi connectivity index (χ0n) is 14.0. The highest BCUT2D eigenvalue weighted by atomic mass is 16.5. The van der Waals surface area contributed by atoms with Gasteiger partial charge in [0.05, 0.1) is 5.69 Å². The van der Waals surface area contributed by atoms with Crippen LogP contribution in [0.3, 0.4) is 0 Å². The largest absolute Gasteiger partial charge is 0.493 e. The molecule has 2 rings (SSSR count). The van der Waals surface area contributed by atoms with Gasteiger partial charge in [-0.15, -0.1) is 0 Å². The van der Waals surface area contributed by atoms with Crippen molar-refractivity contribution in [2.24, 2.45) is 5.41 Å². The van der Waals surface area contributed by atoms with Crippen molar-refractivity contribution in [3.63, 3.8) is 0 Å². The van der Waals surface area contributed by atoms with Crippen LogP contribution in [0.25, 0.3) is 0 Å². The topological polar surface area (TPSA) is 107 Å². The zero-order valence-corrected chi connectivity index (χ0v) is 14.0. The van der Waals surface area contributed by atoms with Gasteiger partial charge in [-0.2, -0.15) is 0 Å². The molecule has 0 aliphatic rings. The lowest BCUT2D eigenvalue weighted by atomic mass is 9.86. The summed E-state index contributed by atoms with van der Waals surface area (Å²) < 4.78 is 0.992. The summed E-state index contributed by atoms with van der Waals surface area (Å²) >= 11 is 0. The van der Waals surface area contributed by atoms with E-state index in [-0.39, 0.29) is 5.88 Å². The van der Waals surface area contributed by atoms with Crippen LogP contribution in [0.4, 0.5) is 0 Å². The second-order valence-corrected chi connectivity index (χ2v) is 6.83. The summed E-state index contributed by atoms with van der Waals surface area (Å²) in [6, 6.07) is 8.64. The molecule has 0 spiro atoms. The maximum Gasteiger partial charge on any atom is 0.329 e. The van der Waals surface area contributed by atoms with Gasteiger partial charge < -0.3 is 10.1 Å². The molecule has 1 aromatic carbocycles. The van der Waals surface area contributed by atoms with Gasteiger partial charge in [0.25, 0.3) is 5.91 Å². The second-order valence-electron chi connectivity index (χ2n) is 6.83. The first-order chi connectivity index (χ1) is 11.3. The Balaban J connectivity index is 2.34. The van der Waals surface area contributed by atoms with Gasteiger partial charge in [-0.3, -0.25) is 10.0 Å². The molecule has 0 fully saturated rings. The van der Waals surface area contributed by atoms with Crippen molar-refractivity contribution in [3.05, 3.63) is 52.1 Å². The lowest BCUT2D eigenvalue weighted by molar-refractivity contribution is -0.136. The number of imidazole rings is 1. The second kappa shape index (κ2) is 6.92. The van der Waals surface area contributed by atoms with Crippen molar-refractivity contribution >= 4 is 5.91 Å². The molecule has 0 saturated carbocycles.